The third kappa shape index (κ3) is 6.34. The van der Waals surface area contributed by atoms with E-state index in [9.17, 15) is 30.7 Å². The van der Waals surface area contributed by atoms with Crippen molar-refractivity contribution in [3.05, 3.63) is 147 Å². The SMILES string of the molecule is COc1ccc(OC)c(-c2cc3[nH]c2c2nc(c(-c4c(F)c(F)c(F)c(F)c4F)c4ccc([nH]4)c(-c4c(F)c(F)c(F)c(F)c4F)c4ccc([nH]4)c3-c3c(F)c(F)c(F)c(F)c3F)C=C2)c1. The van der Waals surface area contributed by atoms with E-state index in [2.05, 4.69) is 19.9 Å². The topological polar surface area (TPSA) is 78.7 Å². The Bertz CT molecular complexity index is 3510. The summed E-state index contributed by atoms with van der Waals surface area (Å²) in [4.78, 5) is 12.1. The molecule has 66 heavy (non-hydrogen) atoms. The zero-order chi connectivity index (χ0) is 47.4. The van der Waals surface area contributed by atoms with E-state index in [1.165, 1.54) is 32.4 Å². The summed E-state index contributed by atoms with van der Waals surface area (Å²) in [6.07, 6.45) is 2.13. The molecule has 1 aliphatic rings. The van der Waals surface area contributed by atoms with Crippen LogP contribution in [-0.2, 0) is 0 Å². The van der Waals surface area contributed by atoms with Gasteiger partial charge in [-0.3, -0.25) is 0 Å². The molecule has 0 saturated heterocycles. The number of benzene rings is 4. The zero-order valence-corrected chi connectivity index (χ0v) is 32.7. The molecule has 8 aromatic rings. The Morgan fingerprint density at radius 3 is 1.15 bits per heavy atom. The van der Waals surface area contributed by atoms with Crippen molar-refractivity contribution in [2.45, 2.75) is 0 Å². The standard InChI is InChI=1S/C45H19F15N4O2/c1-65-13-3-10-23(66-2)14(11-13)15-12-22-26(29-34(50)40(56)44(60)41(57)35(29)51)20-7-6-17(62-20)24(27-30(46)36(52)42(58)37(53)31(27)47)16-4-5-18(61-16)25(19-8-9-21(63-19)45(15)64-22)28-32(48)38(54)43(59)39(55)33(28)49/h3-12,61-62,64H,1-2H3. The predicted molar refractivity (Wildman–Crippen MR) is 209 cm³/mol. The lowest BCUT2D eigenvalue weighted by Crippen LogP contribution is -2.05. The number of nitrogens with zero attached hydrogens (tertiary/aromatic N) is 1. The van der Waals surface area contributed by atoms with Gasteiger partial charge in [0.2, 0.25) is 17.5 Å². The Labute approximate surface area is 357 Å². The van der Waals surface area contributed by atoms with Crippen molar-refractivity contribution >= 4 is 45.3 Å². The fourth-order valence-corrected chi connectivity index (χ4v) is 7.75. The second-order valence-corrected chi connectivity index (χ2v) is 14.3. The van der Waals surface area contributed by atoms with Crippen LogP contribution in [0.3, 0.4) is 0 Å². The highest BCUT2D eigenvalue weighted by molar-refractivity contribution is 6.04. The van der Waals surface area contributed by atoms with Crippen molar-refractivity contribution in [3.8, 4) is 56.0 Å². The third-order valence-electron chi connectivity index (χ3n) is 10.8. The van der Waals surface area contributed by atoms with Crippen LogP contribution in [0.1, 0.15) is 11.4 Å². The molecule has 0 radical (unpaired) electrons. The number of methoxy groups -OCH3 is 2. The molecule has 8 bridgehead atoms. The van der Waals surface area contributed by atoms with Gasteiger partial charge in [0.15, 0.2) is 69.8 Å². The number of H-pyrrole nitrogens is 3. The quantitative estimate of drug-likeness (QED) is 0.0883. The first-order chi connectivity index (χ1) is 31.4. The number of rotatable bonds is 6. The van der Waals surface area contributed by atoms with Gasteiger partial charge in [-0.2, -0.15) is 0 Å². The molecule has 4 aromatic heterocycles. The van der Waals surface area contributed by atoms with Crippen LogP contribution in [-0.4, -0.2) is 34.2 Å². The molecule has 9 rings (SSSR count). The van der Waals surface area contributed by atoms with E-state index in [0.29, 0.717) is 0 Å². The van der Waals surface area contributed by atoms with Crippen LogP contribution in [0.4, 0.5) is 65.9 Å². The highest BCUT2D eigenvalue weighted by Gasteiger charge is 2.33. The fourth-order valence-electron chi connectivity index (χ4n) is 7.75. The highest BCUT2D eigenvalue weighted by atomic mass is 19.2. The minimum Gasteiger partial charge on any atom is -0.497 e. The maximum atomic E-state index is 16.1. The van der Waals surface area contributed by atoms with Crippen LogP contribution in [0.5, 0.6) is 11.5 Å². The van der Waals surface area contributed by atoms with E-state index in [1.807, 2.05) is 0 Å². The summed E-state index contributed by atoms with van der Waals surface area (Å²) in [5.74, 6) is -36.7. The molecule has 5 heterocycles. The van der Waals surface area contributed by atoms with E-state index in [-0.39, 0.29) is 33.8 Å². The van der Waals surface area contributed by atoms with Gasteiger partial charge in [-0.05, 0) is 60.7 Å². The molecule has 1 aliphatic heterocycles. The molecule has 4 aromatic carbocycles. The number of halogens is 15. The van der Waals surface area contributed by atoms with Gasteiger partial charge in [-0.15, -0.1) is 0 Å². The average molecular weight is 933 g/mol. The van der Waals surface area contributed by atoms with Crippen LogP contribution < -0.4 is 9.47 Å². The Balaban J connectivity index is 1.60. The second-order valence-electron chi connectivity index (χ2n) is 14.3. The van der Waals surface area contributed by atoms with Crippen LogP contribution in [0, 0.1) is 87.3 Å². The van der Waals surface area contributed by atoms with Gasteiger partial charge in [-0.25, -0.2) is 70.8 Å². The summed E-state index contributed by atoms with van der Waals surface area (Å²) in [6.45, 7) is 0. The first-order valence-corrected chi connectivity index (χ1v) is 18.6. The van der Waals surface area contributed by atoms with E-state index < -0.39 is 154 Å². The van der Waals surface area contributed by atoms with Gasteiger partial charge in [0.05, 0.1) is 47.8 Å². The van der Waals surface area contributed by atoms with E-state index in [4.69, 9.17) is 9.47 Å². The van der Waals surface area contributed by atoms with Gasteiger partial charge in [-0.1, -0.05) is 0 Å². The molecule has 0 saturated carbocycles. The lowest BCUT2D eigenvalue weighted by Gasteiger charge is -2.11. The lowest BCUT2D eigenvalue weighted by molar-refractivity contribution is 0.381. The zero-order valence-electron chi connectivity index (χ0n) is 32.7. The molecule has 336 valence electrons. The first-order valence-electron chi connectivity index (χ1n) is 18.6. The van der Waals surface area contributed by atoms with E-state index in [1.54, 1.807) is 0 Å². The molecule has 0 unspecified atom stereocenters. The largest absolute Gasteiger partial charge is 0.497 e. The molecule has 0 aliphatic carbocycles. The Morgan fingerprint density at radius 2 is 0.727 bits per heavy atom. The minimum atomic E-state index is -2.61. The molecular formula is C45H19F15N4O2. The third-order valence-corrected chi connectivity index (χ3v) is 10.8. The number of hydrogen-bond donors (Lipinski definition) is 3. The van der Waals surface area contributed by atoms with Gasteiger partial charge in [0.1, 0.15) is 11.5 Å². The van der Waals surface area contributed by atoms with E-state index >= 15 is 35.1 Å². The molecule has 0 spiro atoms. The van der Waals surface area contributed by atoms with Gasteiger partial charge >= 0.3 is 0 Å². The van der Waals surface area contributed by atoms with Crippen LogP contribution >= 0.6 is 0 Å². The molecule has 21 heteroatoms. The predicted octanol–water partition coefficient (Wildman–Crippen LogP) is 13.5. The minimum absolute atomic E-state index is 0.0540. The summed E-state index contributed by atoms with van der Waals surface area (Å²) in [5.41, 5.74) is -12.2. The Morgan fingerprint density at radius 1 is 0.348 bits per heavy atom. The van der Waals surface area contributed by atoms with Crippen LogP contribution in [0.2, 0.25) is 0 Å². The summed E-state index contributed by atoms with van der Waals surface area (Å²) in [5, 5.41) is 0. The number of aromatic amines is 3. The fraction of sp³-hybridized carbons (Fsp3) is 0.0444. The number of nitrogens with one attached hydrogen (secondary N) is 3. The average Bonchev–Trinajstić information content (AvgIpc) is 4.17. The highest BCUT2D eigenvalue weighted by Crippen LogP contribution is 2.45. The van der Waals surface area contributed by atoms with Crippen molar-refractivity contribution in [1.29, 1.82) is 0 Å². The maximum absolute atomic E-state index is 16.1. The number of aromatic nitrogens is 4. The van der Waals surface area contributed by atoms with Crippen LogP contribution in [0.25, 0.3) is 89.8 Å². The van der Waals surface area contributed by atoms with Gasteiger partial charge in [0.25, 0.3) is 0 Å². The first kappa shape index (κ1) is 43.4. The van der Waals surface area contributed by atoms with Crippen LogP contribution in [0.15, 0.2) is 48.5 Å². The molecule has 0 atom stereocenters. The van der Waals surface area contributed by atoms with Crippen molar-refractivity contribution in [2.75, 3.05) is 14.2 Å². The van der Waals surface area contributed by atoms with Crippen molar-refractivity contribution in [2.24, 2.45) is 0 Å². The lowest BCUT2D eigenvalue weighted by atomic mass is 10.0. The summed E-state index contributed by atoms with van der Waals surface area (Å²) in [7, 11) is 2.51. The summed E-state index contributed by atoms with van der Waals surface area (Å²) in [6, 6.07) is 8.75. The van der Waals surface area contributed by atoms with Gasteiger partial charge in [0, 0.05) is 55.4 Å². The normalized spacial score (nSPS) is 12.0. The number of hydrogen-bond acceptors (Lipinski definition) is 3. The van der Waals surface area contributed by atoms with Crippen molar-refractivity contribution in [3.63, 3.8) is 0 Å². The van der Waals surface area contributed by atoms with Crippen molar-refractivity contribution in [1.82, 2.24) is 19.9 Å². The summed E-state index contributed by atoms with van der Waals surface area (Å²) < 4.78 is 240. The molecule has 0 amide bonds. The molecule has 0 fully saturated rings. The molecular weight excluding hydrogens is 913 g/mol. The second kappa shape index (κ2) is 15.7. The smallest absolute Gasteiger partial charge is 0.200 e. The number of ether oxygens (including phenoxy) is 2. The molecule has 6 nitrogen and oxygen atoms in total. The Hall–Kier alpha value is -7.84. The Kier molecular flexibility index (Phi) is 10.3. The van der Waals surface area contributed by atoms with Crippen molar-refractivity contribution < 1.29 is 75.3 Å². The van der Waals surface area contributed by atoms with E-state index in [0.717, 1.165) is 42.5 Å². The number of fused-ring (bicyclic) bond motifs is 9. The molecule has 3 N–H and O–H groups in total. The van der Waals surface area contributed by atoms with Gasteiger partial charge < -0.3 is 24.4 Å². The monoisotopic (exact) mass is 932 g/mol. The summed E-state index contributed by atoms with van der Waals surface area (Å²) >= 11 is 0. The maximum Gasteiger partial charge on any atom is 0.200 e.